The molecule has 3 N–H and O–H groups in total. The van der Waals surface area contributed by atoms with Crippen LogP contribution in [-0.2, 0) is 14.8 Å². The Labute approximate surface area is 185 Å². The zero-order valence-electron chi connectivity index (χ0n) is 18.7. The van der Waals surface area contributed by atoms with Crippen LogP contribution in [0, 0.1) is 11.8 Å². The maximum atomic E-state index is 12.4. The number of benzene rings is 1. The third kappa shape index (κ3) is 6.77. The second kappa shape index (κ2) is 9.69. The molecule has 8 heteroatoms. The van der Waals surface area contributed by atoms with Crippen LogP contribution in [0.5, 0.6) is 0 Å². The van der Waals surface area contributed by atoms with Crippen molar-refractivity contribution < 1.29 is 18.0 Å². The van der Waals surface area contributed by atoms with Crippen molar-refractivity contribution in [3.8, 4) is 0 Å². The van der Waals surface area contributed by atoms with Crippen molar-refractivity contribution in [3.05, 3.63) is 29.8 Å². The molecular formula is C23H35N3O4S. The summed E-state index contributed by atoms with van der Waals surface area (Å²) in [7, 11) is -3.66. The molecular weight excluding hydrogens is 414 g/mol. The molecule has 0 unspecified atom stereocenters. The lowest BCUT2D eigenvalue weighted by molar-refractivity contribution is -0.121. The number of fused-ring (bicyclic) bond motifs is 1. The topological polar surface area (TPSA) is 104 Å². The summed E-state index contributed by atoms with van der Waals surface area (Å²) >= 11 is 0. The highest BCUT2D eigenvalue weighted by Crippen LogP contribution is 2.40. The van der Waals surface area contributed by atoms with Crippen LogP contribution in [-0.4, -0.2) is 38.4 Å². The minimum Gasteiger partial charge on any atom is -0.352 e. The smallest absolute Gasteiger partial charge is 0.251 e. The number of carbonyl (C=O) groups is 2. The van der Waals surface area contributed by atoms with Gasteiger partial charge in [0.25, 0.3) is 5.91 Å². The van der Waals surface area contributed by atoms with Crippen molar-refractivity contribution in [2.75, 3.05) is 6.54 Å². The predicted molar refractivity (Wildman–Crippen MR) is 120 cm³/mol. The summed E-state index contributed by atoms with van der Waals surface area (Å²) < 4.78 is 27.3. The van der Waals surface area contributed by atoms with E-state index in [0.717, 1.165) is 24.7 Å². The molecule has 2 saturated carbocycles. The molecule has 3 rings (SSSR count). The van der Waals surface area contributed by atoms with Crippen molar-refractivity contribution in [1.82, 2.24) is 15.4 Å². The summed E-state index contributed by atoms with van der Waals surface area (Å²) in [6, 6.07) is 5.89. The Kier molecular flexibility index (Phi) is 7.42. The van der Waals surface area contributed by atoms with Crippen molar-refractivity contribution in [1.29, 1.82) is 0 Å². The molecule has 2 amide bonds. The van der Waals surface area contributed by atoms with Crippen molar-refractivity contribution >= 4 is 21.8 Å². The van der Waals surface area contributed by atoms with Crippen LogP contribution < -0.4 is 15.4 Å². The van der Waals surface area contributed by atoms with Crippen molar-refractivity contribution in [2.24, 2.45) is 11.8 Å². The van der Waals surface area contributed by atoms with Crippen LogP contribution in [0.1, 0.15) is 76.1 Å². The Bertz CT molecular complexity index is 890. The van der Waals surface area contributed by atoms with Gasteiger partial charge in [-0.1, -0.05) is 25.7 Å². The first kappa shape index (κ1) is 23.7. The lowest BCUT2D eigenvalue weighted by Gasteiger charge is -2.39. The standard InChI is InChI=1S/C23H35N3O4S/c1-23(2,3)26-31(29,30)20-12-9-17(10-13-20)22(28)24-15-21(27)25-19-11-8-16-6-4-5-7-18(16)14-19/h9-10,12-13,16,18-19,26H,4-8,11,14-15H2,1-3H3,(H,24,28)(H,25,27)/t16-,18+,19+/m0/s1. The predicted octanol–water partition coefficient (Wildman–Crippen LogP) is 2.97. The Hall–Kier alpha value is -1.93. The van der Waals surface area contributed by atoms with E-state index in [9.17, 15) is 18.0 Å². The average molecular weight is 450 g/mol. The van der Waals surface area contributed by atoms with E-state index in [2.05, 4.69) is 15.4 Å². The Morgan fingerprint density at radius 3 is 2.26 bits per heavy atom. The largest absolute Gasteiger partial charge is 0.352 e. The van der Waals surface area contributed by atoms with Gasteiger partial charge in [0.05, 0.1) is 11.4 Å². The van der Waals surface area contributed by atoms with Gasteiger partial charge in [-0.05, 0) is 76.1 Å². The van der Waals surface area contributed by atoms with Gasteiger partial charge in [0, 0.05) is 17.1 Å². The van der Waals surface area contributed by atoms with E-state index in [1.54, 1.807) is 20.8 Å². The number of nitrogens with one attached hydrogen (secondary N) is 3. The highest BCUT2D eigenvalue weighted by Gasteiger charge is 2.32. The zero-order chi connectivity index (χ0) is 22.6. The second-order valence-corrected chi connectivity index (χ2v) is 11.6. The molecule has 0 saturated heterocycles. The number of carbonyl (C=O) groups excluding carboxylic acids is 2. The fourth-order valence-electron chi connectivity index (χ4n) is 4.79. The van der Waals surface area contributed by atoms with Gasteiger partial charge in [0.15, 0.2) is 0 Å². The highest BCUT2D eigenvalue weighted by atomic mass is 32.2. The fourth-order valence-corrected chi connectivity index (χ4v) is 6.21. The number of hydrogen-bond acceptors (Lipinski definition) is 4. The SMILES string of the molecule is CC(C)(C)NS(=O)(=O)c1ccc(C(=O)NCC(=O)N[C@@H]2CC[C@@H]3CCCC[C@@H]3C2)cc1. The maximum absolute atomic E-state index is 12.4. The number of hydrogen-bond donors (Lipinski definition) is 3. The third-order valence-corrected chi connectivity index (χ3v) is 7.96. The molecule has 1 aromatic carbocycles. The van der Waals surface area contributed by atoms with Crippen LogP contribution in [0.15, 0.2) is 29.2 Å². The van der Waals surface area contributed by atoms with E-state index < -0.39 is 21.5 Å². The van der Waals surface area contributed by atoms with Crippen LogP contribution in [0.2, 0.25) is 0 Å². The fraction of sp³-hybridized carbons (Fsp3) is 0.652. The second-order valence-electron chi connectivity index (χ2n) is 9.94. The van der Waals surface area contributed by atoms with Gasteiger partial charge in [-0.25, -0.2) is 13.1 Å². The summed E-state index contributed by atoms with van der Waals surface area (Å²) in [5, 5.41) is 5.69. The van der Waals surface area contributed by atoms with E-state index in [4.69, 9.17) is 0 Å². The van der Waals surface area contributed by atoms with Gasteiger partial charge in [0.1, 0.15) is 0 Å². The zero-order valence-corrected chi connectivity index (χ0v) is 19.6. The lowest BCUT2D eigenvalue weighted by atomic mass is 9.69. The summed E-state index contributed by atoms with van der Waals surface area (Å²) in [5.41, 5.74) is -0.288. The van der Waals surface area contributed by atoms with Gasteiger partial charge >= 0.3 is 0 Å². The van der Waals surface area contributed by atoms with E-state index in [-0.39, 0.29) is 23.4 Å². The molecule has 0 spiro atoms. The molecule has 0 aliphatic heterocycles. The van der Waals surface area contributed by atoms with Gasteiger partial charge in [-0.15, -0.1) is 0 Å². The molecule has 0 heterocycles. The molecule has 0 aromatic heterocycles. The molecule has 1 aromatic rings. The first-order valence-corrected chi connectivity index (χ1v) is 12.7. The van der Waals surface area contributed by atoms with Crippen LogP contribution in [0.3, 0.4) is 0 Å². The van der Waals surface area contributed by atoms with E-state index in [0.29, 0.717) is 5.56 Å². The van der Waals surface area contributed by atoms with E-state index in [1.807, 2.05) is 0 Å². The molecule has 2 fully saturated rings. The Balaban J connectivity index is 1.47. The van der Waals surface area contributed by atoms with E-state index >= 15 is 0 Å². The first-order chi connectivity index (χ1) is 14.5. The number of amides is 2. The lowest BCUT2D eigenvalue weighted by Crippen LogP contribution is -2.45. The summed E-state index contributed by atoms with van der Waals surface area (Å²) in [6.07, 6.45) is 8.47. The number of rotatable bonds is 6. The van der Waals surface area contributed by atoms with Crippen LogP contribution in [0.4, 0.5) is 0 Å². The molecule has 31 heavy (non-hydrogen) atoms. The minimum absolute atomic E-state index is 0.0882. The van der Waals surface area contributed by atoms with Gasteiger partial charge < -0.3 is 10.6 Å². The van der Waals surface area contributed by atoms with Crippen molar-refractivity contribution in [2.45, 2.75) is 82.2 Å². The Morgan fingerprint density at radius 2 is 1.61 bits per heavy atom. The van der Waals surface area contributed by atoms with E-state index in [1.165, 1.54) is 56.4 Å². The minimum atomic E-state index is -3.66. The molecule has 0 radical (unpaired) electrons. The molecule has 2 aliphatic carbocycles. The summed E-state index contributed by atoms with van der Waals surface area (Å²) in [6.45, 7) is 5.20. The number of sulfonamides is 1. The normalized spacial score (nSPS) is 24.2. The maximum Gasteiger partial charge on any atom is 0.251 e. The van der Waals surface area contributed by atoms with Crippen LogP contribution in [0.25, 0.3) is 0 Å². The molecule has 7 nitrogen and oxygen atoms in total. The van der Waals surface area contributed by atoms with Crippen LogP contribution >= 0.6 is 0 Å². The average Bonchev–Trinajstić information content (AvgIpc) is 2.70. The van der Waals surface area contributed by atoms with Crippen molar-refractivity contribution in [3.63, 3.8) is 0 Å². The molecule has 3 atom stereocenters. The molecule has 2 aliphatic rings. The molecule has 172 valence electrons. The van der Waals surface area contributed by atoms with Gasteiger partial charge in [0.2, 0.25) is 15.9 Å². The van der Waals surface area contributed by atoms with Gasteiger partial charge in [-0.3, -0.25) is 9.59 Å². The quantitative estimate of drug-likeness (QED) is 0.621. The third-order valence-electron chi connectivity index (χ3n) is 6.18. The summed E-state index contributed by atoms with van der Waals surface area (Å²) in [5.74, 6) is 0.969. The summed E-state index contributed by atoms with van der Waals surface area (Å²) in [4.78, 5) is 24.8. The van der Waals surface area contributed by atoms with Gasteiger partial charge in [-0.2, -0.15) is 0 Å². The monoisotopic (exact) mass is 449 g/mol. The first-order valence-electron chi connectivity index (χ1n) is 11.2. The molecule has 0 bridgehead atoms. The Morgan fingerprint density at radius 1 is 0.968 bits per heavy atom. The highest BCUT2D eigenvalue weighted by molar-refractivity contribution is 7.89.